The van der Waals surface area contributed by atoms with Gasteiger partial charge >= 0.3 is 0 Å². The van der Waals surface area contributed by atoms with Crippen LogP contribution in [0.3, 0.4) is 0 Å². The van der Waals surface area contributed by atoms with Crippen LogP contribution in [-0.4, -0.2) is 36.1 Å². The van der Waals surface area contributed by atoms with Crippen LogP contribution in [0, 0.1) is 0 Å². The standard InChI is InChI=1S/C17H27NO3/c1-6-11-20-15-9-7-8-10-16(15)21-12-17(19)18(13(2)3)14(4)5/h7-10,13-14H,6,11-12H2,1-5H3. The average Bonchev–Trinajstić information content (AvgIpc) is 2.43. The van der Waals surface area contributed by atoms with Crippen molar-refractivity contribution in [3.63, 3.8) is 0 Å². The van der Waals surface area contributed by atoms with E-state index in [-0.39, 0.29) is 24.6 Å². The minimum absolute atomic E-state index is 0.00899. The number of benzene rings is 1. The lowest BCUT2D eigenvalue weighted by molar-refractivity contribution is -0.137. The van der Waals surface area contributed by atoms with Crippen molar-refractivity contribution in [2.75, 3.05) is 13.2 Å². The lowest BCUT2D eigenvalue weighted by Gasteiger charge is -2.30. The van der Waals surface area contributed by atoms with E-state index in [9.17, 15) is 4.79 Å². The normalized spacial score (nSPS) is 10.8. The molecular weight excluding hydrogens is 266 g/mol. The van der Waals surface area contributed by atoms with Gasteiger partial charge in [0.05, 0.1) is 6.61 Å². The van der Waals surface area contributed by atoms with Crippen LogP contribution in [0.1, 0.15) is 41.0 Å². The first kappa shape index (κ1) is 17.3. The molecule has 0 aliphatic heterocycles. The van der Waals surface area contributed by atoms with E-state index in [2.05, 4.69) is 6.92 Å². The molecule has 1 rings (SSSR count). The molecule has 0 bridgehead atoms. The second-order valence-electron chi connectivity index (χ2n) is 5.57. The van der Waals surface area contributed by atoms with Crippen molar-refractivity contribution < 1.29 is 14.3 Å². The predicted octanol–water partition coefficient (Wildman–Crippen LogP) is 3.50. The highest BCUT2D eigenvalue weighted by atomic mass is 16.5. The molecular formula is C17H27NO3. The van der Waals surface area contributed by atoms with Crippen LogP contribution >= 0.6 is 0 Å². The Morgan fingerprint density at radius 1 is 1.05 bits per heavy atom. The summed E-state index contributed by atoms with van der Waals surface area (Å²) in [4.78, 5) is 14.1. The molecule has 1 aromatic carbocycles. The molecule has 0 aliphatic rings. The number of para-hydroxylation sites is 2. The molecule has 0 saturated heterocycles. The van der Waals surface area contributed by atoms with E-state index in [1.807, 2.05) is 56.9 Å². The third-order valence-corrected chi connectivity index (χ3v) is 3.06. The van der Waals surface area contributed by atoms with Gasteiger partial charge in [-0.15, -0.1) is 0 Å². The minimum Gasteiger partial charge on any atom is -0.490 e. The number of carbonyl (C=O) groups excluding carboxylic acids is 1. The minimum atomic E-state index is -0.00899. The Labute approximate surface area is 128 Å². The molecule has 0 aromatic heterocycles. The highest BCUT2D eigenvalue weighted by Gasteiger charge is 2.20. The molecule has 4 nitrogen and oxygen atoms in total. The second kappa shape index (κ2) is 8.55. The van der Waals surface area contributed by atoms with E-state index in [0.29, 0.717) is 18.1 Å². The summed E-state index contributed by atoms with van der Waals surface area (Å²) in [6.07, 6.45) is 0.932. The van der Waals surface area contributed by atoms with E-state index >= 15 is 0 Å². The molecule has 0 radical (unpaired) electrons. The van der Waals surface area contributed by atoms with Crippen molar-refractivity contribution in [3.8, 4) is 11.5 Å². The van der Waals surface area contributed by atoms with Crippen LogP contribution in [0.25, 0.3) is 0 Å². The largest absolute Gasteiger partial charge is 0.490 e. The van der Waals surface area contributed by atoms with Crippen LogP contribution in [-0.2, 0) is 4.79 Å². The fraction of sp³-hybridized carbons (Fsp3) is 0.588. The smallest absolute Gasteiger partial charge is 0.260 e. The Morgan fingerprint density at radius 3 is 2.05 bits per heavy atom. The maximum absolute atomic E-state index is 12.3. The zero-order chi connectivity index (χ0) is 15.8. The zero-order valence-electron chi connectivity index (χ0n) is 13.8. The number of hydrogen-bond donors (Lipinski definition) is 0. The number of hydrogen-bond acceptors (Lipinski definition) is 3. The van der Waals surface area contributed by atoms with Crippen molar-refractivity contribution in [1.29, 1.82) is 0 Å². The lowest BCUT2D eigenvalue weighted by atomic mass is 10.2. The summed E-state index contributed by atoms with van der Waals surface area (Å²) < 4.78 is 11.3. The van der Waals surface area contributed by atoms with Gasteiger partial charge < -0.3 is 14.4 Å². The molecule has 1 aromatic rings. The quantitative estimate of drug-likeness (QED) is 0.736. The highest BCUT2D eigenvalue weighted by molar-refractivity contribution is 5.78. The predicted molar refractivity (Wildman–Crippen MR) is 84.8 cm³/mol. The van der Waals surface area contributed by atoms with Crippen molar-refractivity contribution in [2.24, 2.45) is 0 Å². The summed E-state index contributed by atoms with van der Waals surface area (Å²) in [5, 5.41) is 0. The van der Waals surface area contributed by atoms with Crippen LogP contribution in [0.15, 0.2) is 24.3 Å². The topological polar surface area (TPSA) is 38.8 Å². The molecule has 0 heterocycles. The Kier molecular flexibility index (Phi) is 7.06. The van der Waals surface area contributed by atoms with Crippen LogP contribution in [0.4, 0.5) is 0 Å². The van der Waals surface area contributed by atoms with Gasteiger partial charge in [0.1, 0.15) is 0 Å². The molecule has 4 heteroatoms. The van der Waals surface area contributed by atoms with Crippen molar-refractivity contribution in [3.05, 3.63) is 24.3 Å². The molecule has 1 amide bonds. The molecule has 0 saturated carbocycles. The molecule has 0 unspecified atom stereocenters. The van der Waals surface area contributed by atoms with Gasteiger partial charge in [0.2, 0.25) is 0 Å². The first-order valence-corrected chi connectivity index (χ1v) is 7.63. The summed E-state index contributed by atoms with van der Waals surface area (Å²) in [5.41, 5.74) is 0. The fourth-order valence-corrected chi connectivity index (χ4v) is 2.29. The van der Waals surface area contributed by atoms with Gasteiger partial charge in [0.15, 0.2) is 18.1 Å². The van der Waals surface area contributed by atoms with Gasteiger partial charge in [0, 0.05) is 12.1 Å². The van der Waals surface area contributed by atoms with Gasteiger partial charge in [-0.3, -0.25) is 4.79 Å². The Hall–Kier alpha value is -1.71. The lowest BCUT2D eigenvalue weighted by Crippen LogP contribution is -2.44. The van der Waals surface area contributed by atoms with Gasteiger partial charge in [0.25, 0.3) is 5.91 Å². The van der Waals surface area contributed by atoms with Crippen LogP contribution < -0.4 is 9.47 Å². The first-order valence-electron chi connectivity index (χ1n) is 7.63. The number of amides is 1. The third-order valence-electron chi connectivity index (χ3n) is 3.06. The number of ether oxygens (including phenoxy) is 2. The van der Waals surface area contributed by atoms with E-state index < -0.39 is 0 Å². The number of rotatable bonds is 8. The van der Waals surface area contributed by atoms with E-state index in [1.165, 1.54) is 0 Å². The van der Waals surface area contributed by atoms with Gasteiger partial charge in [-0.1, -0.05) is 19.1 Å². The van der Waals surface area contributed by atoms with E-state index in [1.54, 1.807) is 0 Å². The van der Waals surface area contributed by atoms with Gasteiger partial charge in [-0.05, 0) is 46.2 Å². The molecule has 0 N–H and O–H groups in total. The second-order valence-corrected chi connectivity index (χ2v) is 5.57. The SMILES string of the molecule is CCCOc1ccccc1OCC(=O)N(C(C)C)C(C)C. The summed E-state index contributed by atoms with van der Waals surface area (Å²) in [7, 11) is 0. The Bertz CT molecular complexity index is 435. The van der Waals surface area contributed by atoms with Gasteiger partial charge in [-0.2, -0.15) is 0 Å². The molecule has 118 valence electrons. The number of carbonyl (C=O) groups is 1. The zero-order valence-corrected chi connectivity index (χ0v) is 13.8. The summed E-state index contributed by atoms with van der Waals surface area (Å²) >= 11 is 0. The summed E-state index contributed by atoms with van der Waals surface area (Å²) in [5.74, 6) is 1.30. The fourth-order valence-electron chi connectivity index (χ4n) is 2.29. The average molecular weight is 293 g/mol. The molecule has 0 spiro atoms. The first-order chi connectivity index (χ1) is 9.97. The van der Waals surface area contributed by atoms with Crippen LogP contribution in [0.2, 0.25) is 0 Å². The third kappa shape index (κ3) is 5.29. The molecule has 0 atom stereocenters. The molecule has 0 aliphatic carbocycles. The maximum Gasteiger partial charge on any atom is 0.260 e. The van der Waals surface area contributed by atoms with E-state index in [4.69, 9.17) is 9.47 Å². The van der Waals surface area contributed by atoms with Gasteiger partial charge in [-0.25, -0.2) is 0 Å². The number of nitrogens with zero attached hydrogens (tertiary/aromatic N) is 1. The molecule has 21 heavy (non-hydrogen) atoms. The van der Waals surface area contributed by atoms with E-state index in [0.717, 1.165) is 6.42 Å². The summed E-state index contributed by atoms with van der Waals surface area (Å²) in [6.45, 7) is 10.8. The highest BCUT2D eigenvalue weighted by Crippen LogP contribution is 2.26. The van der Waals surface area contributed by atoms with Crippen molar-refractivity contribution >= 4 is 5.91 Å². The monoisotopic (exact) mass is 293 g/mol. The maximum atomic E-state index is 12.3. The van der Waals surface area contributed by atoms with Crippen molar-refractivity contribution in [1.82, 2.24) is 4.90 Å². The van der Waals surface area contributed by atoms with Crippen molar-refractivity contribution in [2.45, 2.75) is 53.1 Å². The Balaban J connectivity index is 2.68. The Morgan fingerprint density at radius 2 is 1.57 bits per heavy atom. The summed E-state index contributed by atoms with van der Waals surface area (Å²) in [6, 6.07) is 7.78. The van der Waals surface area contributed by atoms with Crippen LogP contribution in [0.5, 0.6) is 11.5 Å². The molecule has 0 fully saturated rings.